The summed E-state index contributed by atoms with van der Waals surface area (Å²) >= 11 is 1.57. The van der Waals surface area contributed by atoms with E-state index in [9.17, 15) is 4.79 Å². The number of rotatable bonds is 3. The average Bonchev–Trinajstić information content (AvgIpc) is 2.93. The normalized spacial score (nSPS) is 17.9. The highest BCUT2D eigenvalue weighted by Gasteiger charge is 2.23. The van der Waals surface area contributed by atoms with E-state index in [0.717, 1.165) is 17.7 Å². The number of hydrogen-bond donors (Lipinski definition) is 0. The van der Waals surface area contributed by atoms with Gasteiger partial charge in [-0.05, 0) is 35.4 Å². The SMILES string of the molecule is O=C(CC1CCOc2ccccc21)c1ccsc1. The van der Waals surface area contributed by atoms with Crippen LogP contribution in [0.3, 0.4) is 0 Å². The predicted molar refractivity (Wildman–Crippen MR) is 72.6 cm³/mol. The molecule has 0 bridgehead atoms. The highest BCUT2D eigenvalue weighted by Crippen LogP contribution is 2.36. The fourth-order valence-corrected chi connectivity index (χ4v) is 3.05. The van der Waals surface area contributed by atoms with Crippen molar-refractivity contribution >= 4 is 17.1 Å². The summed E-state index contributed by atoms with van der Waals surface area (Å²) in [5.74, 6) is 1.46. The largest absolute Gasteiger partial charge is 0.493 e. The van der Waals surface area contributed by atoms with Gasteiger partial charge in [0.2, 0.25) is 0 Å². The lowest BCUT2D eigenvalue weighted by Crippen LogP contribution is -2.17. The Hall–Kier alpha value is -1.61. The summed E-state index contributed by atoms with van der Waals surface area (Å²) in [6, 6.07) is 9.94. The van der Waals surface area contributed by atoms with Gasteiger partial charge in [-0.3, -0.25) is 4.79 Å². The molecule has 0 saturated heterocycles. The number of Topliss-reactive ketones (excluding diaryl/α,β-unsaturated/α-hetero) is 1. The number of thiophene rings is 1. The van der Waals surface area contributed by atoms with E-state index in [2.05, 4.69) is 6.07 Å². The summed E-state index contributed by atoms with van der Waals surface area (Å²) < 4.78 is 5.62. The number of carbonyl (C=O) groups excluding carboxylic acids is 1. The lowest BCUT2D eigenvalue weighted by molar-refractivity contribution is 0.0966. The fraction of sp³-hybridized carbons (Fsp3) is 0.267. The summed E-state index contributed by atoms with van der Waals surface area (Å²) in [4.78, 5) is 12.1. The van der Waals surface area contributed by atoms with Crippen LogP contribution in [0.15, 0.2) is 41.1 Å². The van der Waals surface area contributed by atoms with Crippen LogP contribution in [0, 0.1) is 0 Å². The topological polar surface area (TPSA) is 26.3 Å². The van der Waals surface area contributed by atoms with E-state index in [1.807, 2.05) is 35.0 Å². The van der Waals surface area contributed by atoms with E-state index in [1.54, 1.807) is 11.3 Å². The van der Waals surface area contributed by atoms with E-state index in [1.165, 1.54) is 5.56 Å². The molecule has 0 N–H and O–H groups in total. The van der Waals surface area contributed by atoms with Crippen LogP contribution in [-0.2, 0) is 0 Å². The van der Waals surface area contributed by atoms with Gasteiger partial charge < -0.3 is 4.74 Å². The molecule has 1 aliphatic heterocycles. The molecule has 18 heavy (non-hydrogen) atoms. The Balaban J connectivity index is 1.80. The van der Waals surface area contributed by atoms with E-state index < -0.39 is 0 Å². The molecule has 1 aromatic carbocycles. The van der Waals surface area contributed by atoms with Crippen molar-refractivity contribution in [2.45, 2.75) is 18.8 Å². The van der Waals surface area contributed by atoms with Crippen LogP contribution in [0.2, 0.25) is 0 Å². The van der Waals surface area contributed by atoms with Crippen molar-refractivity contribution < 1.29 is 9.53 Å². The van der Waals surface area contributed by atoms with E-state index in [-0.39, 0.29) is 5.78 Å². The van der Waals surface area contributed by atoms with Gasteiger partial charge in [-0.25, -0.2) is 0 Å². The molecule has 0 saturated carbocycles. The minimum Gasteiger partial charge on any atom is -0.493 e. The molecule has 0 fully saturated rings. The molecule has 3 rings (SSSR count). The van der Waals surface area contributed by atoms with Crippen LogP contribution in [0.1, 0.15) is 34.7 Å². The van der Waals surface area contributed by atoms with Crippen molar-refractivity contribution in [1.82, 2.24) is 0 Å². The number of benzene rings is 1. The molecular weight excluding hydrogens is 244 g/mol. The summed E-state index contributed by atoms with van der Waals surface area (Å²) in [7, 11) is 0. The maximum absolute atomic E-state index is 12.1. The first-order chi connectivity index (χ1) is 8.84. The number of ether oxygens (including phenoxy) is 1. The molecule has 0 spiro atoms. The lowest BCUT2D eigenvalue weighted by atomic mass is 9.88. The van der Waals surface area contributed by atoms with Gasteiger partial charge in [0, 0.05) is 17.4 Å². The van der Waals surface area contributed by atoms with Crippen LogP contribution in [0.4, 0.5) is 0 Å². The third-order valence-corrected chi connectivity index (χ3v) is 4.04. The zero-order valence-electron chi connectivity index (χ0n) is 9.96. The van der Waals surface area contributed by atoms with Gasteiger partial charge in [0.25, 0.3) is 0 Å². The van der Waals surface area contributed by atoms with Crippen LogP contribution in [-0.4, -0.2) is 12.4 Å². The predicted octanol–water partition coefficient (Wildman–Crippen LogP) is 3.89. The maximum Gasteiger partial charge on any atom is 0.164 e. The monoisotopic (exact) mass is 258 g/mol. The summed E-state index contributed by atoms with van der Waals surface area (Å²) in [6.45, 7) is 0.707. The molecule has 0 radical (unpaired) electrons. The Kier molecular flexibility index (Phi) is 3.15. The number of para-hydroxylation sites is 1. The van der Waals surface area contributed by atoms with Gasteiger partial charge in [0.1, 0.15) is 5.75 Å². The molecule has 2 heterocycles. The first-order valence-corrected chi connectivity index (χ1v) is 7.06. The van der Waals surface area contributed by atoms with Gasteiger partial charge in [-0.15, -0.1) is 0 Å². The van der Waals surface area contributed by atoms with E-state index >= 15 is 0 Å². The standard InChI is InChI=1S/C15H14O2S/c16-14(12-6-8-18-10-12)9-11-5-7-17-15-4-2-1-3-13(11)15/h1-4,6,8,10-11H,5,7,9H2. The van der Waals surface area contributed by atoms with Crippen LogP contribution < -0.4 is 4.74 Å². The van der Waals surface area contributed by atoms with Gasteiger partial charge in [0.15, 0.2) is 5.78 Å². The van der Waals surface area contributed by atoms with Crippen LogP contribution in [0.5, 0.6) is 5.75 Å². The fourth-order valence-electron chi connectivity index (χ4n) is 2.39. The van der Waals surface area contributed by atoms with Crippen molar-refractivity contribution in [2.75, 3.05) is 6.61 Å². The molecule has 0 aliphatic carbocycles. The third-order valence-electron chi connectivity index (χ3n) is 3.36. The highest BCUT2D eigenvalue weighted by atomic mass is 32.1. The van der Waals surface area contributed by atoms with Crippen molar-refractivity contribution in [2.24, 2.45) is 0 Å². The number of carbonyl (C=O) groups is 1. The van der Waals surface area contributed by atoms with Crippen LogP contribution in [0.25, 0.3) is 0 Å². The van der Waals surface area contributed by atoms with Crippen molar-refractivity contribution in [3.05, 3.63) is 52.2 Å². The minimum absolute atomic E-state index is 0.234. The molecule has 2 aromatic rings. The minimum atomic E-state index is 0.234. The third kappa shape index (κ3) is 2.18. The van der Waals surface area contributed by atoms with Gasteiger partial charge in [-0.2, -0.15) is 11.3 Å². The maximum atomic E-state index is 12.1. The molecule has 1 unspecified atom stereocenters. The van der Waals surface area contributed by atoms with Crippen molar-refractivity contribution in [1.29, 1.82) is 0 Å². The second kappa shape index (κ2) is 4.94. The Morgan fingerprint density at radius 2 is 2.22 bits per heavy atom. The first-order valence-electron chi connectivity index (χ1n) is 6.12. The van der Waals surface area contributed by atoms with Crippen LogP contribution >= 0.6 is 11.3 Å². The number of hydrogen-bond acceptors (Lipinski definition) is 3. The Morgan fingerprint density at radius 3 is 3.06 bits per heavy atom. The molecule has 3 heteroatoms. The Bertz CT molecular complexity index is 545. The Morgan fingerprint density at radius 1 is 1.33 bits per heavy atom. The van der Waals surface area contributed by atoms with Gasteiger partial charge >= 0.3 is 0 Å². The second-order valence-electron chi connectivity index (χ2n) is 4.51. The highest BCUT2D eigenvalue weighted by molar-refractivity contribution is 7.08. The van der Waals surface area contributed by atoms with Crippen molar-refractivity contribution in [3.63, 3.8) is 0 Å². The summed E-state index contributed by atoms with van der Waals surface area (Å²) in [5.41, 5.74) is 2.01. The number of ketones is 1. The lowest BCUT2D eigenvalue weighted by Gasteiger charge is -2.25. The smallest absolute Gasteiger partial charge is 0.164 e. The first kappa shape index (κ1) is 11.5. The van der Waals surface area contributed by atoms with Gasteiger partial charge in [0.05, 0.1) is 6.61 Å². The zero-order chi connectivity index (χ0) is 12.4. The zero-order valence-corrected chi connectivity index (χ0v) is 10.8. The molecule has 1 aromatic heterocycles. The molecule has 1 atom stereocenters. The summed E-state index contributed by atoms with van der Waals surface area (Å²) in [6.07, 6.45) is 1.50. The second-order valence-corrected chi connectivity index (χ2v) is 5.29. The van der Waals surface area contributed by atoms with E-state index in [0.29, 0.717) is 18.9 Å². The molecule has 0 amide bonds. The molecule has 92 valence electrons. The molecular formula is C15H14O2S. The Labute approximate surface area is 110 Å². The average molecular weight is 258 g/mol. The van der Waals surface area contributed by atoms with Gasteiger partial charge in [-0.1, -0.05) is 18.2 Å². The number of fused-ring (bicyclic) bond motifs is 1. The molecule has 1 aliphatic rings. The van der Waals surface area contributed by atoms with Crippen molar-refractivity contribution in [3.8, 4) is 5.75 Å². The summed E-state index contributed by atoms with van der Waals surface area (Å²) in [5, 5.41) is 3.87. The molecule has 2 nitrogen and oxygen atoms in total. The van der Waals surface area contributed by atoms with E-state index in [4.69, 9.17) is 4.74 Å². The quantitative estimate of drug-likeness (QED) is 0.781.